The van der Waals surface area contributed by atoms with Gasteiger partial charge in [0.2, 0.25) is 6.54 Å². The van der Waals surface area contributed by atoms with Gasteiger partial charge in [-0.2, -0.15) is 9.83 Å². The molecule has 1 heterocycles. The van der Waals surface area contributed by atoms with Crippen molar-refractivity contribution in [2.45, 2.75) is 13.5 Å². The Morgan fingerprint density at radius 1 is 1.31 bits per heavy atom. The molecule has 0 saturated heterocycles. The molecule has 16 heavy (non-hydrogen) atoms. The van der Waals surface area contributed by atoms with Gasteiger partial charge >= 0.3 is 0 Å². The average molecular weight is 278 g/mol. The van der Waals surface area contributed by atoms with Gasteiger partial charge in [-0.3, -0.25) is 0 Å². The molecular formula is C12H12BrN3. The van der Waals surface area contributed by atoms with Crippen molar-refractivity contribution in [2.75, 3.05) is 5.73 Å². The summed E-state index contributed by atoms with van der Waals surface area (Å²) in [5.74, 6) is 0. The summed E-state index contributed by atoms with van der Waals surface area (Å²) in [6.45, 7) is 2.37. The van der Waals surface area contributed by atoms with Gasteiger partial charge in [-0.05, 0) is 12.1 Å². The van der Waals surface area contributed by atoms with Crippen molar-refractivity contribution in [3.8, 4) is 6.07 Å². The van der Waals surface area contributed by atoms with Gasteiger partial charge in [-0.25, -0.2) is 0 Å². The molecule has 0 saturated carbocycles. The fraction of sp³-hybridized carbons (Fsp3) is 0.167. The van der Waals surface area contributed by atoms with Crippen molar-refractivity contribution in [3.05, 3.63) is 36.2 Å². The third kappa shape index (κ3) is 2.00. The number of halogens is 1. The van der Waals surface area contributed by atoms with E-state index in [0.717, 1.165) is 22.2 Å². The molecule has 0 unspecified atom stereocenters. The fourth-order valence-corrected chi connectivity index (χ4v) is 1.76. The van der Waals surface area contributed by atoms with E-state index in [1.54, 1.807) is 0 Å². The van der Waals surface area contributed by atoms with Crippen LogP contribution in [0.1, 0.15) is 5.69 Å². The lowest BCUT2D eigenvalue weighted by Crippen LogP contribution is -3.00. The van der Waals surface area contributed by atoms with Gasteiger partial charge < -0.3 is 22.7 Å². The second kappa shape index (κ2) is 4.95. The summed E-state index contributed by atoms with van der Waals surface area (Å²) in [5.41, 5.74) is 7.72. The van der Waals surface area contributed by atoms with E-state index in [0.29, 0.717) is 6.54 Å². The summed E-state index contributed by atoms with van der Waals surface area (Å²) in [4.78, 5) is 0. The van der Waals surface area contributed by atoms with Crippen LogP contribution in [0.4, 0.5) is 5.69 Å². The van der Waals surface area contributed by atoms with Gasteiger partial charge in [-0.1, -0.05) is 6.07 Å². The van der Waals surface area contributed by atoms with Crippen LogP contribution in [0.3, 0.4) is 0 Å². The third-order valence-corrected chi connectivity index (χ3v) is 2.62. The van der Waals surface area contributed by atoms with Gasteiger partial charge in [0.1, 0.15) is 6.07 Å². The highest BCUT2D eigenvalue weighted by molar-refractivity contribution is 5.93. The zero-order chi connectivity index (χ0) is 10.8. The second-order valence-corrected chi connectivity index (χ2v) is 3.50. The first-order valence-electron chi connectivity index (χ1n) is 4.78. The zero-order valence-corrected chi connectivity index (χ0v) is 10.5. The second-order valence-electron chi connectivity index (χ2n) is 3.50. The number of nitriles is 1. The fourth-order valence-electron chi connectivity index (χ4n) is 1.76. The van der Waals surface area contributed by atoms with E-state index < -0.39 is 0 Å². The molecule has 0 bridgehead atoms. The monoisotopic (exact) mass is 277 g/mol. The van der Waals surface area contributed by atoms with Gasteiger partial charge in [0.05, 0.1) is 5.39 Å². The smallest absolute Gasteiger partial charge is 0.234 e. The van der Waals surface area contributed by atoms with E-state index in [4.69, 9.17) is 11.0 Å². The van der Waals surface area contributed by atoms with Crippen molar-refractivity contribution in [1.29, 1.82) is 5.26 Å². The molecule has 2 aromatic rings. The summed E-state index contributed by atoms with van der Waals surface area (Å²) < 4.78 is 1.92. The van der Waals surface area contributed by atoms with E-state index in [1.165, 1.54) is 0 Å². The average Bonchev–Trinajstić information content (AvgIpc) is 2.23. The van der Waals surface area contributed by atoms with Crippen molar-refractivity contribution in [3.63, 3.8) is 0 Å². The molecule has 82 valence electrons. The Hall–Kier alpha value is -1.60. The highest BCUT2D eigenvalue weighted by atomic mass is 79.9. The molecule has 3 nitrogen and oxygen atoms in total. The molecule has 0 spiro atoms. The van der Waals surface area contributed by atoms with E-state index in [1.807, 2.05) is 42.0 Å². The Labute approximate surface area is 105 Å². The molecule has 4 heteroatoms. The normalized spacial score (nSPS) is 9.50. The first-order valence-corrected chi connectivity index (χ1v) is 4.78. The van der Waals surface area contributed by atoms with Crippen LogP contribution in [0.25, 0.3) is 10.8 Å². The van der Waals surface area contributed by atoms with Gasteiger partial charge in [0.15, 0.2) is 11.9 Å². The van der Waals surface area contributed by atoms with Crippen LogP contribution in [0.5, 0.6) is 0 Å². The summed E-state index contributed by atoms with van der Waals surface area (Å²) in [6, 6.07) is 9.93. The molecule has 2 N–H and O–H groups in total. The minimum Gasteiger partial charge on any atom is -1.00 e. The highest BCUT2D eigenvalue weighted by Gasteiger charge is 2.10. The summed E-state index contributed by atoms with van der Waals surface area (Å²) in [7, 11) is 0. The maximum absolute atomic E-state index is 8.68. The number of aromatic nitrogens is 1. The number of hydrogen-bond donors (Lipinski definition) is 1. The molecule has 1 aromatic carbocycles. The van der Waals surface area contributed by atoms with Crippen LogP contribution in [0.15, 0.2) is 30.5 Å². The third-order valence-electron chi connectivity index (χ3n) is 2.62. The lowest BCUT2D eigenvalue weighted by Gasteiger charge is -2.03. The van der Waals surface area contributed by atoms with Crippen LogP contribution < -0.4 is 27.3 Å². The minimum atomic E-state index is 0. The van der Waals surface area contributed by atoms with Crippen molar-refractivity contribution >= 4 is 16.5 Å². The molecule has 0 aliphatic rings. The Bertz CT molecular complexity index is 558. The summed E-state index contributed by atoms with van der Waals surface area (Å²) in [5, 5.41) is 10.8. The quantitative estimate of drug-likeness (QED) is 0.512. The summed E-state index contributed by atoms with van der Waals surface area (Å²) >= 11 is 0. The van der Waals surface area contributed by atoms with Crippen molar-refractivity contribution < 1.29 is 21.5 Å². The number of nitrogens with zero attached hydrogens (tertiary/aromatic N) is 2. The maximum atomic E-state index is 8.68. The van der Waals surface area contributed by atoms with E-state index >= 15 is 0 Å². The Balaban J connectivity index is 0.00000128. The number of anilines is 1. The van der Waals surface area contributed by atoms with Crippen LogP contribution in [0.2, 0.25) is 0 Å². The van der Waals surface area contributed by atoms with Crippen molar-refractivity contribution in [1.82, 2.24) is 0 Å². The van der Waals surface area contributed by atoms with Gasteiger partial charge in [0.25, 0.3) is 0 Å². The number of benzene rings is 1. The first-order chi connectivity index (χ1) is 7.24. The van der Waals surface area contributed by atoms with Crippen molar-refractivity contribution in [2.24, 2.45) is 0 Å². The lowest BCUT2D eigenvalue weighted by molar-refractivity contribution is -0.689. The molecule has 0 fully saturated rings. The minimum absolute atomic E-state index is 0. The first kappa shape index (κ1) is 12.5. The topological polar surface area (TPSA) is 53.7 Å². The number of fused-ring (bicyclic) bond motifs is 1. The number of pyridine rings is 1. The molecule has 0 aliphatic heterocycles. The predicted octanol–water partition coefficient (Wildman–Crippen LogP) is -1.45. The van der Waals surface area contributed by atoms with E-state index in [2.05, 4.69) is 6.07 Å². The van der Waals surface area contributed by atoms with E-state index in [-0.39, 0.29) is 17.0 Å². The molecule has 0 atom stereocenters. The Morgan fingerprint density at radius 2 is 2.06 bits per heavy atom. The zero-order valence-electron chi connectivity index (χ0n) is 8.94. The number of nitrogens with two attached hydrogens (primary N) is 1. The lowest BCUT2D eigenvalue weighted by atomic mass is 10.1. The molecule has 0 amide bonds. The molecule has 2 rings (SSSR count). The molecule has 0 radical (unpaired) electrons. The number of aryl methyl sites for hydroxylation is 1. The number of rotatable bonds is 1. The van der Waals surface area contributed by atoms with Crippen LogP contribution in [-0.2, 0) is 6.54 Å². The largest absolute Gasteiger partial charge is 1.00 e. The molecular weight excluding hydrogens is 266 g/mol. The van der Waals surface area contributed by atoms with Crippen LogP contribution in [0, 0.1) is 18.3 Å². The number of hydrogen-bond acceptors (Lipinski definition) is 2. The van der Waals surface area contributed by atoms with Gasteiger partial charge in [0, 0.05) is 24.1 Å². The maximum Gasteiger partial charge on any atom is 0.234 e. The van der Waals surface area contributed by atoms with Crippen LogP contribution in [-0.4, -0.2) is 0 Å². The molecule has 0 aliphatic carbocycles. The van der Waals surface area contributed by atoms with E-state index in [9.17, 15) is 0 Å². The molecule has 1 aromatic heterocycles. The highest BCUT2D eigenvalue weighted by Crippen LogP contribution is 2.20. The number of nitrogen functional groups attached to an aromatic ring is 1. The SMILES string of the molecule is Cc1c2cccc(N)c2cc[n+]1CC#N.[Br-]. The predicted molar refractivity (Wildman–Crippen MR) is 58.9 cm³/mol. The standard InChI is InChI=1S/C12H12N3.BrH/c1-9-10-3-2-4-12(14)11(10)5-7-15(9)8-6-13;/h2-5,7H,8,14H2,1H3;1H/q+1;/p-1. The van der Waals surface area contributed by atoms with Crippen LogP contribution >= 0.6 is 0 Å². The Morgan fingerprint density at radius 3 is 2.75 bits per heavy atom. The Kier molecular flexibility index (Phi) is 3.86. The summed E-state index contributed by atoms with van der Waals surface area (Å²) in [6.07, 6.45) is 1.90. The van der Waals surface area contributed by atoms with Gasteiger partial charge in [-0.15, -0.1) is 0 Å².